The van der Waals surface area contributed by atoms with Crippen molar-refractivity contribution in [2.45, 2.75) is 5.78 Å². The van der Waals surface area contributed by atoms with Crippen LogP contribution in [0.1, 0.15) is 0 Å². The highest BCUT2D eigenvalue weighted by atomic mass is 31.2. The Hall–Kier alpha value is -0.580. The summed E-state index contributed by atoms with van der Waals surface area (Å²) in [5.41, 5.74) is 0. The van der Waals surface area contributed by atoms with Gasteiger partial charge in [0.15, 0.2) is 5.78 Å². The Kier molecular flexibility index (Phi) is 1.92. The average Bonchev–Trinajstić information content (AvgIpc) is 2.11. The smallest absolute Gasteiger partial charge is 0.410 e. The normalized spacial score (nSPS) is 25.5. The van der Waals surface area contributed by atoms with Gasteiger partial charge in [-0.1, -0.05) is 0 Å². The van der Waals surface area contributed by atoms with E-state index >= 15 is 0 Å². The molecule has 1 atom stereocenters. The van der Waals surface area contributed by atoms with E-state index in [1.165, 1.54) is 7.05 Å². The van der Waals surface area contributed by atoms with E-state index in [2.05, 4.69) is 4.74 Å². The van der Waals surface area contributed by atoms with Gasteiger partial charge in [0.25, 0.3) is 0 Å². The fourth-order valence-corrected chi connectivity index (χ4v) is 1.62. The van der Waals surface area contributed by atoms with Crippen molar-refractivity contribution in [3.63, 3.8) is 0 Å². The number of hydrogen-bond acceptors (Lipinski definition) is 3. The summed E-state index contributed by atoms with van der Waals surface area (Å²) in [5, 5.41) is 0. The van der Waals surface area contributed by atoms with Crippen LogP contribution in [0.4, 0.5) is 4.79 Å². The molecule has 0 radical (unpaired) electrons. The summed E-state index contributed by atoms with van der Waals surface area (Å²) >= 11 is 0. The molecule has 64 valence electrons. The summed E-state index contributed by atoms with van der Waals surface area (Å²) in [7, 11) is -2.94. The lowest BCUT2D eigenvalue weighted by atomic mass is 10.7. The van der Waals surface area contributed by atoms with Crippen molar-refractivity contribution in [2.24, 2.45) is 0 Å². The molecular formula is C4H8NO5P. The fourth-order valence-electron chi connectivity index (χ4n) is 0.804. The zero-order valence-corrected chi connectivity index (χ0v) is 6.69. The summed E-state index contributed by atoms with van der Waals surface area (Å²) in [6.45, 7) is -0.236. The molecule has 7 heteroatoms. The van der Waals surface area contributed by atoms with Gasteiger partial charge in [-0.05, 0) is 0 Å². The van der Waals surface area contributed by atoms with Gasteiger partial charge in [0, 0.05) is 7.05 Å². The summed E-state index contributed by atoms with van der Waals surface area (Å²) in [6, 6.07) is 0. The molecule has 0 saturated carbocycles. The number of cyclic esters (lactones) is 1. The lowest BCUT2D eigenvalue weighted by molar-refractivity contribution is 0.163. The topological polar surface area (TPSA) is 87.1 Å². The highest BCUT2D eigenvalue weighted by Gasteiger charge is 2.41. The zero-order chi connectivity index (χ0) is 8.65. The van der Waals surface area contributed by atoms with Crippen LogP contribution in [-0.4, -0.2) is 40.2 Å². The number of likely N-dealkylation sites (N-methyl/N-ethyl adjacent to an activating group) is 1. The Morgan fingerprint density at radius 2 is 2.27 bits per heavy atom. The van der Waals surface area contributed by atoms with E-state index in [1.54, 1.807) is 0 Å². The molecule has 0 aromatic rings. The minimum atomic E-state index is -4.23. The van der Waals surface area contributed by atoms with Crippen molar-refractivity contribution in [3.8, 4) is 0 Å². The molecule has 6 nitrogen and oxygen atoms in total. The Morgan fingerprint density at radius 1 is 1.73 bits per heavy atom. The Bertz CT molecular complexity index is 223. The van der Waals surface area contributed by atoms with Crippen LogP contribution >= 0.6 is 7.60 Å². The molecule has 2 N–H and O–H groups in total. The monoisotopic (exact) mass is 181 g/mol. The van der Waals surface area contributed by atoms with Crippen LogP contribution in [0, 0.1) is 0 Å². The van der Waals surface area contributed by atoms with Crippen molar-refractivity contribution in [1.82, 2.24) is 4.90 Å². The molecule has 0 bridgehead atoms. The van der Waals surface area contributed by atoms with Crippen molar-refractivity contribution in [1.29, 1.82) is 0 Å². The van der Waals surface area contributed by atoms with Gasteiger partial charge in [-0.25, -0.2) is 4.79 Å². The minimum absolute atomic E-state index is 0.236. The molecule has 1 unspecified atom stereocenters. The molecule has 1 aliphatic rings. The quantitative estimate of drug-likeness (QED) is 0.536. The SMILES string of the molecule is CN1C(=O)OCC1P(=O)(O)O. The lowest BCUT2D eigenvalue weighted by Gasteiger charge is -2.16. The molecule has 0 aromatic carbocycles. The minimum Gasteiger partial charge on any atom is -0.446 e. The second-order valence-corrected chi connectivity index (χ2v) is 4.03. The molecule has 1 heterocycles. The maximum Gasteiger partial charge on any atom is 0.410 e. The first-order chi connectivity index (χ1) is 4.93. The molecule has 11 heavy (non-hydrogen) atoms. The summed E-state index contributed by atoms with van der Waals surface area (Å²) in [6.07, 6.45) is -0.696. The predicted molar refractivity (Wildman–Crippen MR) is 34.9 cm³/mol. The third-order valence-corrected chi connectivity index (χ3v) is 2.75. The van der Waals surface area contributed by atoms with E-state index in [1.807, 2.05) is 0 Å². The average molecular weight is 181 g/mol. The van der Waals surface area contributed by atoms with Gasteiger partial charge in [-0.15, -0.1) is 0 Å². The van der Waals surface area contributed by atoms with Crippen LogP contribution in [0.25, 0.3) is 0 Å². The van der Waals surface area contributed by atoms with Gasteiger partial charge in [0.2, 0.25) is 0 Å². The lowest BCUT2D eigenvalue weighted by Crippen LogP contribution is -2.28. The van der Waals surface area contributed by atoms with Crippen molar-refractivity contribution in [2.75, 3.05) is 13.7 Å². The standard InChI is InChI=1S/C4H8NO5P/c1-5-3(11(7,8)9)2-10-4(5)6/h3H,2H2,1H3,(H2,7,8,9). The second kappa shape index (κ2) is 2.48. The maximum absolute atomic E-state index is 10.6. The highest BCUT2D eigenvalue weighted by Crippen LogP contribution is 2.44. The van der Waals surface area contributed by atoms with Gasteiger partial charge < -0.3 is 14.5 Å². The van der Waals surface area contributed by atoms with Crippen LogP contribution in [0.5, 0.6) is 0 Å². The maximum atomic E-state index is 10.6. The van der Waals surface area contributed by atoms with Gasteiger partial charge in [-0.3, -0.25) is 9.46 Å². The Balaban J connectivity index is 2.78. The molecule has 0 aliphatic carbocycles. The first-order valence-electron chi connectivity index (χ1n) is 2.87. The van der Waals surface area contributed by atoms with E-state index < -0.39 is 19.5 Å². The van der Waals surface area contributed by atoms with Crippen LogP contribution in [0.2, 0.25) is 0 Å². The van der Waals surface area contributed by atoms with Crippen LogP contribution in [-0.2, 0) is 9.30 Å². The van der Waals surface area contributed by atoms with E-state index in [0.29, 0.717) is 0 Å². The molecule has 0 aromatic heterocycles. The molecule has 1 aliphatic heterocycles. The van der Waals surface area contributed by atoms with Gasteiger partial charge in [0.05, 0.1) is 0 Å². The van der Waals surface area contributed by atoms with E-state index in [9.17, 15) is 9.36 Å². The molecule has 0 spiro atoms. The van der Waals surface area contributed by atoms with Crippen LogP contribution in [0.15, 0.2) is 0 Å². The largest absolute Gasteiger partial charge is 0.446 e. The Labute approximate surface area is 62.9 Å². The number of nitrogens with zero attached hydrogens (tertiary/aromatic N) is 1. The number of carbonyl (C=O) groups excluding carboxylic acids is 1. The Morgan fingerprint density at radius 3 is 2.45 bits per heavy atom. The summed E-state index contributed by atoms with van der Waals surface area (Å²) < 4.78 is 15.0. The predicted octanol–water partition coefficient (Wildman–Crippen LogP) is -0.428. The number of ether oxygens (including phenoxy) is 1. The number of rotatable bonds is 1. The van der Waals surface area contributed by atoms with Crippen LogP contribution in [0.3, 0.4) is 0 Å². The third kappa shape index (κ3) is 1.53. The summed E-state index contributed by atoms with van der Waals surface area (Å²) in [4.78, 5) is 28.8. The molecule has 1 saturated heterocycles. The fraction of sp³-hybridized carbons (Fsp3) is 0.750. The third-order valence-electron chi connectivity index (χ3n) is 1.48. The van der Waals surface area contributed by atoms with Gasteiger partial charge >= 0.3 is 13.7 Å². The van der Waals surface area contributed by atoms with Crippen molar-refractivity contribution >= 4 is 13.7 Å². The molecule has 1 fully saturated rings. The number of amides is 1. The van der Waals surface area contributed by atoms with E-state index in [0.717, 1.165) is 4.90 Å². The van der Waals surface area contributed by atoms with Crippen molar-refractivity contribution in [3.05, 3.63) is 0 Å². The van der Waals surface area contributed by atoms with Gasteiger partial charge in [0.1, 0.15) is 6.61 Å². The van der Waals surface area contributed by atoms with E-state index in [4.69, 9.17) is 9.79 Å². The van der Waals surface area contributed by atoms with E-state index in [-0.39, 0.29) is 6.61 Å². The van der Waals surface area contributed by atoms with Gasteiger partial charge in [-0.2, -0.15) is 0 Å². The first-order valence-corrected chi connectivity index (χ1v) is 4.56. The number of hydrogen-bond donors (Lipinski definition) is 2. The summed E-state index contributed by atoms with van der Waals surface area (Å²) in [5.74, 6) is -1.12. The zero-order valence-electron chi connectivity index (χ0n) is 5.80. The van der Waals surface area contributed by atoms with Crippen LogP contribution < -0.4 is 0 Å². The molecule has 1 amide bonds. The second-order valence-electron chi connectivity index (χ2n) is 2.26. The number of carbonyl (C=O) groups is 1. The molecular weight excluding hydrogens is 173 g/mol. The molecule has 1 rings (SSSR count). The first kappa shape index (κ1) is 8.52. The van der Waals surface area contributed by atoms with Crippen molar-refractivity contribution < 1.29 is 23.9 Å². The highest BCUT2D eigenvalue weighted by molar-refractivity contribution is 7.52.